The predicted octanol–water partition coefficient (Wildman–Crippen LogP) is 6.08. The topological polar surface area (TPSA) is 0 Å². The van der Waals surface area contributed by atoms with Crippen molar-refractivity contribution in [1.29, 1.82) is 0 Å². The van der Waals surface area contributed by atoms with Crippen molar-refractivity contribution in [3.05, 3.63) is 13.2 Å². The zero-order valence-electron chi connectivity index (χ0n) is 11.8. The van der Waals surface area contributed by atoms with E-state index < -0.39 is 0 Å². The summed E-state index contributed by atoms with van der Waals surface area (Å²) in [6, 6.07) is 0. The maximum Gasteiger partial charge on any atom is -0.0443 e. The maximum absolute atomic E-state index is 3.00. The molecule has 0 saturated heterocycles. The van der Waals surface area contributed by atoms with Crippen molar-refractivity contribution >= 4 is 0 Å². The lowest BCUT2D eigenvalue weighted by Crippen LogP contribution is -1.47. The van der Waals surface area contributed by atoms with Crippen LogP contribution in [0.15, 0.2) is 13.2 Å². The van der Waals surface area contributed by atoms with Crippen molar-refractivity contribution in [2.45, 2.75) is 74.1 Å². The highest BCUT2D eigenvalue weighted by Gasteiger charge is 2.12. The zero-order valence-corrected chi connectivity index (χ0v) is 11.8. The molecule has 1 aliphatic carbocycles. The number of hydrogen-bond acceptors (Lipinski definition) is 0. The lowest BCUT2D eigenvalue weighted by Gasteiger charge is -1.68. The molecule has 0 heterocycles. The molecule has 0 radical (unpaired) electrons. The van der Waals surface area contributed by atoms with Crippen molar-refractivity contribution in [1.82, 2.24) is 0 Å². The lowest BCUT2D eigenvalue weighted by atomic mass is 10.4. The van der Waals surface area contributed by atoms with Gasteiger partial charge >= 0.3 is 0 Å². The first-order valence-electron chi connectivity index (χ1n) is 6.31. The van der Waals surface area contributed by atoms with Crippen LogP contribution in [0.1, 0.15) is 74.1 Å². The van der Waals surface area contributed by atoms with E-state index in [-0.39, 0.29) is 0 Å². The molecule has 0 aromatic rings. The first-order chi connectivity index (χ1) is 6.81. The van der Waals surface area contributed by atoms with Crippen LogP contribution in [0.5, 0.6) is 0 Å². The molecule has 0 aromatic carbocycles. The Hall–Kier alpha value is -0.260. The summed E-state index contributed by atoms with van der Waals surface area (Å²) in [7, 11) is 0. The minimum atomic E-state index is 1.08. The van der Waals surface area contributed by atoms with Gasteiger partial charge < -0.3 is 0 Å². The Morgan fingerprint density at radius 3 is 1.00 bits per heavy atom. The van der Waals surface area contributed by atoms with Gasteiger partial charge in [-0.15, -0.1) is 13.2 Å². The molecule has 1 aliphatic rings. The smallest absolute Gasteiger partial charge is 0.0443 e. The van der Waals surface area contributed by atoms with Gasteiger partial charge in [-0.2, -0.15) is 0 Å². The summed E-state index contributed by atoms with van der Waals surface area (Å²) in [5.41, 5.74) is 0. The van der Waals surface area contributed by atoms with Crippen LogP contribution in [-0.2, 0) is 0 Å². The highest BCUT2D eigenvalue weighted by molar-refractivity contribution is 4.65. The van der Waals surface area contributed by atoms with E-state index in [1.165, 1.54) is 25.7 Å². The van der Waals surface area contributed by atoms with E-state index in [4.69, 9.17) is 0 Å². The standard InChI is InChI=1S/C4H8.C4H10.2C2H6.C2H4/c1-4-2-3-4;1-3-4-2;3*1-2/h4H,2-3H2,1H3;3-4H2,1-2H3;2*1-2H3;1-2H2. The SMILES string of the molecule is C=C.CC.CC.CC1CC1.CCCC. The Bertz CT molecular complexity index is 42.0. The summed E-state index contributed by atoms with van der Waals surface area (Å²) < 4.78 is 0. The Kier molecular flexibility index (Phi) is 64.9. The van der Waals surface area contributed by atoms with Crippen LogP contribution in [0.3, 0.4) is 0 Å². The van der Waals surface area contributed by atoms with E-state index in [9.17, 15) is 0 Å². The third kappa shape index (κ3) is 96.8. The van der Waals surface area contributed by atoms with Crippen molar-refractivity contribution < 1.29 is 0 Å². The molecule has 0 aliphatic heterocycles. The van der Waals surface area contributed by atoms with Crippen LogP contribution in [0.4, 0.5) is 0 Å². The van der Waals surface area contributed by atoms with Gasteiger partial charge in [-0.1, -0.05) is 74.1 Å². The van der Waals surface area contributed by atoms with Gasteiger partial charge in [-0.05, 0) is 5.92 Å². The van der Waals surface area contributed by atoms with Crippen LogP contribution in [-0.4, -0.2) is 0 Å². The maximum atomic E-state index is 3.00. The van der Waals surface area contributed by atoms with E-state index >= 15 is 0 Å². The van der Waals surface area contributed by atoms with Crippen LogP contribution in [0.2, 0.25) is 0 Å². The number of rotatable bonds is 1. The van der Waals surface area contributed by atoms with Gasteiger partial charge in [0.25, 0.3) is 0 Å². The van der Waals surface area contributed by atoms with Crippen LogP contribution in [0.25, 0.3) is 0 Å². The van der Waals surface area contributed by atoms with Gasteiger partial charge in [0.05, 0.1) is 0 Å². The molecule has 0 aromatic heterocycles. The van der Waals surface area contributed by atoms with Crippen LogP contribution in [0, 0.1) is 5.92 Å². The average molecular weight is 202 g/mol. The van der Waals surface area contributed by atoms with Crippen molar-refractivity contribution in [3.63, 3.8) is 0 Å². The van der Waals surface area contributed by atoms with Crippen molar-refractivity contribution in [2.75, 3.05) is 0 Å². The van der Waals surface area contributed by atoms with Crippen LogP contribution < -0.4 is 0 Å². The second-order valence-corrected chi connectivity index (χ2v) is 2.68. The molecule has 0 bridgehead atoms. The molecule has 1 rings (SSSR count). The molecule has 0 amide bonds. The van der Waals surface area contributed by atoms with Gasteiger partial charge in [0, 0.05) is 0 Å². The summed E-state index contributed by atoms with van der Waals surface area (Å²) in [6.07, 6.45) is 5.61. The fraction of sp³-hybridized carbons (Fsp3) is 0.857. The average Bonchev–Trinajstić information content (AvgIpc) is 3.09. The third-order valence-corrected chi connectivity index (χ3v) is 1.37. The first kappa shape index (κ1) is 23.5. The van der Waals surface area contributed by atoms with Gasteiger partial charge in [-0.3, -0.25) is 0 Å². The molecular weight excluding hydrogens is 168 g/mol. The fourth-order valence-electron chi connectivity index (χ4n) is 0.167. The largest absolute Gasteiger partial charge is 0.106 e. The molecule has 14 heavy (non-hydrogen) atoms. The number of hydrogen-bond donors (Lipinski definition) is 0. The molecule has 0 heteroatoms. The lowest BCUT2D eigenvalue weighted by molar-refractivity contribution is 0.886. The Morgan fingerprint density at radius 1 is 0.857 bits per heavy atom. The highest BCUT2D eigenvalue weighted by atomic mass is 14.2. The molecule has 0 unspecified atom stereocenters. The minimum absolute atomic E-state index is 1.08. The van der Waals surface area contributed by atoms with Crippen molar-refractivity contribution in [3.8, 4) is 0 Å². The van der Waals surface area contributed by atoms with Crippen LogP contribution >= 0.6 is 0 Å². The molecular formula is C14H34. The third-order valence-electron chi connectivity index (χ3n) is 1.37. The molecule has 0 atom stereocenters. The van der Waals surface area contributed by atoms with E-state index in [1.54, 1.807) is 0 Å². The number of unbranched alkanes of at least 4 members (excludes halogenated alkanes) is 1. The fourth-order valence-corrected chi connectivity index (χ4v) is 0.167. The Labute approximate surface area is 93.8 Å². The second kappa shape index (κ2) is 38.7. The normalized spacial score (nSPS) is 10.8. The highest BCUT2D eigenvalue weighted by Crippen LogP contribution is 2.26. The zero-order chi connectivity index (χ0) is 12.4. The summed E-state index contributed by atoms with van der Waals surface area (Å²) in [5.74, 6) is 1.08. The Morgan fingerprint density at radius 2 is 1.00 bits per heavy atom. The monoisotopic (exact) mass is 202 g/mol. The minimum Gasteiger partial charge on any atom is -0.106 e. The van der Waals surface area contributed by atoms with E-state index in [0.717, 1.165) is 5.92 Å². The van der Waals surface area contributed by atoms with Gasteiger partial charge in [0.1, 0.15) is 0 Å². The van der Waals surface area contributed by atoms with Gasteiger partial charge in [0.15, 0.2) is 0 Å². The molecule has 0 N–H and O–H groups in total. The molecule has 1 fully saturated rings. The summed E-state index contributed by atoms with van der Waals surface area (Å²) in [5, 5.41) is 0. The Balaban J connectivity index is -0.0000000475. The quantitative estimate of drug-likeness (QED) is 0.452. The molecule has 0 spiro atoms. The second-order valence-electron chi connectivity index (χ2n) is 2.68. The summed E-state index contributed by atoms with van der Waals surface area (Å²) in [6.45, 7) is 20.6. The van der Waals surface area contributed by atoms with Crippen molar-refractivity contribution in [2.24, 2.45) is 5.92 Å². The summed E-state index contributed by atoms with van der Waals surface area (Å²) >= 11 is 0. The van der Waals surface area contributed by atoms with Gasteiger partial charge in [-0.25, -0.2) is 0 Å². The molecule has 1 saturated carbocycles. The van der Waals surface area contributed by atoms with E-state index in [1.807, 2.05) is 27.7 Å². The van der Waals surface area contributed by atoms with E-state index in [2.05, 4.69) is 33.9 Å². The van der Waals surface area contributed by atoms with Gasteiger partial charge in [0.2, 0.25) is 0 Å². The first-order valence-corrected chi connectivity index (χ1v) is 6.31. The predicted molar refractivity (Wildman–Crippen MR) is 72.9 cm³/mol. The van der Waals surface area contributed by atoms with E-state index in [0.29, 0.717) is 0 Å². The summed E-state index contributed by atoms with van der Waals surface area (Å²) in [4.78, 5) is 0. The molecule has 90 valence electrons. The molecule has 0 nitrogen and oxygen atoms in total.